The van der Waals surface area contributed by atoms with E-state index in [1.54, 1.807) is 38.5 Å². The maximum atomic E-state index is 12.4. The van der Waals surface area contributed by atoms with Crippen LogP contribution in [0, 0.1) is 0 Å². The van der Waals surface area contributed by atoms with Crippen LogP contribution in [0.1, 0.15) is 5.56 Å². The first kappa shape index (κ1) is 16.9. The highest BCUT2D eigenvalue weighted by molar-refractivity contribution is 7.88. The average Bonchev–Trinajstić information content (AvgIpc) is 2.38. The number of anilines is 1. The van der Waals surface area contributed by atoms with Crippen LogP contribution >= 0.6 is 0 Å². The molecule has 0 radical (unpaired) electrons. The van der Waals surface area contributed by atoms with Crippen LogP contribution in [0.4, 0.5) is 5.69 Å². The van der Waals surface area contributed by atoms with Crippen LogP contribution in [-0.2, 0) is 25.2 Å². The highest BCUT2D eigenvalue weighted by Crippen LogP contribution is 2.13. The van der Waals surface area contributed by atoms with Crippen LogP contribution in [0.5, 0.6) is 0 Å². The van der Waals surface area contributed by atoms with E-state index in [1.165, 1.54) is 4.31 Å². The standard InChI is InChI=1S/C13H22N2O4S/c1-18-8-6-15(7-9-19-2)20(16,17)11-12-4-3-5-13(14)10-12/h3-5,10H,6-9,11,14H2,1-2H3. The van der Waals surface area contributed by atoms with Crippen molar-refractivity contribution in [1.82, 2.24) is 4.31 Å². The van der Waals surface area contributed by atoms with Crippen molar-refractivity contribution in [3.8, 4) is 0 Å². The van der Waals surface area contributed by atoms with Crippen molar-refractivity contribution in [3.05, 3.63) is 29.8 Å². The molecule has 1 aromatic carbocycles. The van der Waals surface area contributed by atoms with Gasteiger partial charge in [0, 0.05) is 33.0 Å². The number of sulfonamides is 1. The second kappa shape index (κ2) is 8.21. The van der Waals surface area contributed by atoms with Crippen molar-refractivity contribution < 1.29 is 17.9 Å². The van der Waals surface area contributed by atoms with Gasteiger partial charge in [-0.15, -0.1) is 0 Å². The van der Waals surface area contributed by atoms with E-state index in [-0.39, 0.29) is 5.75 Å². The van der Waals surface area contributed by atoms with Crippen molar-refractivity contribution in [2.24, 2.45) is 0 Å². The summed E-state index contributed by atoms with van der Waals surface area (Å²) in [6, 6.07) is 6.89. The van der Waals surface area contributed by atoms with Crippen LogP contribution in [0.3, 0.4) is 0 Å². The zero-order valence-corrected chi connectivity index (χ0v) is 12.7. The molecule has 0 atom stereocenters. The first-order valence-corrected chi connectivity index (χ1v) is 7.90. The first-order chi connectivity index (χ1) is 9.49. The molecule has 0 aliphatic heterocycles. The molecule has 0 heterocycles. The lowest BCUT2D eigenvalue weighted by atomic mass is 10.2. The summed E-state index contributed by atoms with van der Waals surface area (Å²) in [6.45, 7) is 1.31. The van der Waals surface area contributed by atoms with Crippen LogP contribution < -0.4 is 5.73 Å². The Balaban J connectivity index is 2.80. The molecule has 0 aromatic heterocycles. The smallest absolute Gasteiger partial charge is 0.218 e. The predicted molar refractivity (Wildman–Crippen MR) is 78.8 cm³/mol. The van der Waals surface area contributed by atoms with Gasteiger partial charge in [-0.05, 0) is 17.7 Å². The van der Waals surface area contributed by atoms with Gasteiger partial charge in [0.25, 0.3) is 0 Å². The van der Waals surface area contributed by atoms with E-state index in [4.69, 9.17) is 15.2 Å². The average molecular weight is 302 g/mol. The quantitative estimate of drug-likeness (QED) is 0.679. The maximum Gasteiger partial charge on any atom is 0.218 e. The minimum atomic E-state index is -3.42. The van der Waals surface area contributed by atoms with Gasteiger partial charge < -0.3 is 15.2 Å². The van der Waals surface area contributed by atoms with Gasteiger partial charge in [0.05, 0.1) is 19.0 Å². The molecule has 0 spiro atoms. The Morgan fingerprint density at radius 1 is 1.15 bits per heavy atom. The molecule has 0 saturated heterocycles. The lowest BCUT2D eigenvalue weighted by Crippen LogP contribution is -2.37. The van der Waals surface area contributed by atoms with Crippen molar-refractivity contribution in [3.63, 3.8) is 0 Å². The third kappa shape index (κ3) is 5.46. The summed E-state index contributed by atoms with van der Waals surface area (Å²) in [4.78, 5) is 0. The first-order valence-electron chi connectivity index (χ1n) is 6.29. The maximum absolute atomic E-state index is 12.4. The van der Waals surface area contributed by atoms with Crippen molar-refractivity contribution in [2.45, 2.75) is 5.75 Å². The number of methoxy groups -OCH3 is 2. The van der Waals surface area contributed by atoms with Crippen LogP contribution in [0.2, 0.25) is 0 Å². The Morgan fingerprint density at radius 2 is 1.75 bits per heavy atom. The molecule has 7 heteroatoms. The summed E-state index contributed by atoms with van der Waals surface area (Å²) in [5.41, 5.74) is 6.89. The molecule has 1 rings (SSSR count). The molecule has 6 nitrogen and oxygen atoms in total. The summed E-state index contributed by atoms with van der Waals surface area (Å²) in [7, 11) is -0.338. The van der Waals surface area contributed by atoms with E-state index in [2.05, 4.69) is 0 Å². The molecule has 0 fully saturated rings. The van der Waals surface area contributed by atoms with Crippen molar-refractivity contribution in [1.29, 1.82) is 0 Å². The molecule has 114 valence electrons. The number of benzene rings is 1. The topological polar surface area (TPSA) is 81.9 Å². The molecule has 0 amide bonds. The van der Waals surface area contributed by atoms with Gasteiger partial charge in [0.2, 0.25) is 10.0 Å². The molecule has 0 saturated carbocycles. The Morgan fingerprint density at radius 3 is 2.25 bits per heavy atom. The Hall–Kier alpha value is -1.15. The molecule has 0 bridgehead atoms. The Bertz CT molecular complexity index is 497. The summed E-state index contributed by atoms with van der Waals surface area (Å²) < 4.78 is 36.1. The van der Waals surface area contributed by atoms with Crippen LogP contribution in [-0.4, -0.2) is 53.2 Å². The Labute approximate surface area is 120 Å². The van der Waals surface area contributed by atoms with Crippen molar-refractivity contribution in [2.75, 3.05) is 46.3 Å². The normalized spacial score (nSPS) is 11.9. The third-order valence-corrected chi connectivity index (χ3v) is 4.63. The van der Waals surface area contributed by atoms with Gasteiger partial charge >= 0.3 is 0 Å². The van der Waals surface area contributed by atoms with Crippen LogP contribution in [0.15, 0.2) is 24.3 Å². The minimum Gasteiger partial charge on any atom is -0.399 e. The molecule has 2 N–H and O–H groups in total. The largest absolute Gasteiger partial charge is 0.399 e. The lowest BCUT2D eigenvalue weighted by molar-refractivity contribution is 0.150. The van der Waals surface area contributed by atoms with E-state index >= 15 is 0 Å². The molecule has 20 heavy (non-hydrogen) atoms. The number of hydrogen-bond donors (Lipinski definition) is 1. The monoisotopic (exact) mass is 302 g/mol. The van der Waals surface area contributed by atoms with E-state index in [0.717, 1.165) is 0 Å². The number of hydrogen-bond acceptors (Lipinski definition) is 5. The summed E-state index contributed by atoms with van der Waals surface area (Å²) in [6.07, 6.45) is 0. The van der Waals surface area contributed by atoms with Crippen molar-refractivity contribution >= 4 is 15.7 Å². The highest BCUT2D eigenvalue weighted by atomic mass is 32.2. The predicted octanol–water partition coefficient (Wildman–Crippen LogP) is 0.693. The van der Waals surface area contributed by atoms with E-state index < -0.39 is 10.0 Å². The minimum absolute atomic E-state index is 0.0779. The van der Waals surface area contributed by atoms with E-state index in [9.17, 15) is 8.42 Å². The molecule has 0 unspecified atom stereocenters. The second-order valence-electron chi connectivity index (χ2n) is 4.39. The van der Waals surface area contributed by atoms with Gasteiger partial charge in [0.15, 0.2) is 0 Å². The zero-order valence-electron chi connectivity index (χ0n) is 11.9. The van der Waals surface area contributed by atoms with Gasteiger partial charge in [-0.3, -0.25) is 0 Å². The summed E-state index contributed by atoms with van der Waals surface area (Å²) in [5, 5.41) is 0. The van der Waals surface area contributed by atoms with E-state index in [0.29, 0.717) is 37.6 Å². The SMILES string of the molecule is COCCN(CCOC)S(=O)(=O)Cc1cccc(N)c1. The second-order valence-corrected chi connectivity index (χ2v) is 6.35. The van der Waals surface area contributed by atoms with Crippen LogP contribution in [0.25, 0.3) is 0 Å². The molecular weight excluding hydrogens is 280 g/mol. The number of nitrogens with two attached hydrogens (primary N) is 1. The fraction of sp³-hybridized carbons (Fsp3) is 0.538. The highest BCUT2D eigenvalue weighted by Gasteiger charge is 2.22. The fourth-order valence-corrected chi connectivity index (χ4v) is 3.25. The summed E-state index contributed by atoms with van der Waals surface area (Å²) >= 11 is 0. The Kier molecular flexibility index (Phi) is 6.94. The van der Waals surface area contributed by atoms with Gasteiger partial charge in [-0.25, -0.2) is 8.42 Å². The molecule has 0 aliphatic rings. The molecular formula is C13H22N2O4S. The summed E-state index contributed by atoms with van der Waals surface area (Å²) in [5.74, 6) is -0.0779. The third-order valence-electron chi connectivity index (χ3n) is 2.78. The number of nitrogens with zero attached hydrogens (tertiary/aromatic N) is 1. The zero-order chi connectivity index (χ0) is 15.0. The van der Waals surface area contributed by atoms with Gasteiger partial charge in [-0.1, -0.05) is 12.1 Å². The van der Waals surface area contributed by atoms with E-state index in [1.807, 2.05) is 0 Å². The van der Waals surface area contributed by atoms with Gasteiger partial charge in [0.1, 0.15) is 0 Å². The number of ether oxygens (including phenoxy) is 2. The van der Waals surface area contributed by atoms with Gasteiger partial charge in [-0.2, -0.15) is 4.31 Å². The lowest BCUT2D eigenvalue weighted by Gasteiger charge is -2.21. The number of rotatable bonds is 9. The molecule has 0 aliphatic carbocycles. The number of nitrogen functional groups attached to an aromatic ring is 1. The molecule has 1 aromatic rings. The fourth-order valence-electron chi connectivity index (χ4n) is 1.76.